The van der Waals surface area contributed by atoms with Gasteiger partial charge in [0, 0.05) is 17.7 Å². The van der Waals surface area contributed by atoms with Crippen molar-refractivity contribution < 1.29 is 23.7 Å². The number of hydrogen-bond acceptors (Lipinski definition) is 5. The number of esters is 1. The van der Waals surface area contributed by atoms with Crippen LogP contribution in [-0.2, 0) is 9.53 Å². The third-order valence-electron chi connectivity index (χ3n) is 2.71. The van der Waals surface area contributed by atoms with Gasteiger partial charge in [-0.25, -0.2) is 4.79 Å². The Morgan fingerprint density at radius 2 is 1.65 bits per heavy atom. The van der Waals surface area contributed by atoms with Crippen LogP contribution >= 0.6 is 0 Å². The zero-order valence-corrected chi connectivity index (χ0v) is 12.5. The van der Waals surface area contributed by atoms with Crippen LogP contribution in [0.5, 0.6) is 17.2 Å². The van der Waals surface area contributed by atoms with Crippen molar-refractivity contribution in [3.8, 4) is 17.2 Å². The molecule has 0 spiro atoms. The van der Waals surface area contributed by atoms with Gasteiger partial charge in [-0.15, -0.1) is 0 Å². The van der Waals surface area contributed by atoms with Crippen LogP contribution in [0, 0.1) is 0 Å². The summed E-state index contributed by atoms with van der Waals surface area (Å²) in [5, 5.41) is 0. The molecule has 1 aromatic carbocycles. The molecule has 0 unspecified atom stereocenters. The molecule has 0 saturated heterocycles. The first-order valence-electron chi connectivity index (χ1n) is 6.22. The summed E-state index contributed by atoms with van der Waals surface area (Å²) < 4.78 is 20.8. The molecule has 0 saturated carbocycles. The summed E-state index contributed by atoms with van der Waals surface area (Å²) in [5.74, 6) is 1.37. The maximum atomic E-state index is 11.7. The quantitative estimate of drug-likeness (QED) is 0.592. The van der Waals surface area contributed by atoms with Gasteiger partial charge in [-0.3, -0.25) is 0 Å². The molecule has 1 aromatic rings. The van der Waals surface area contributed by atoms with Crippen LogP contribution in [0.15, 0.2) is 17.7 Å². The minimum atomic E-state index is -0.368. The highest BCUT2D eigenvalue weighted by atomic mass is 16.5. The second-order valence-corrected chi connectivity index (χ2v) is 3.99. The summed E-state index contributed by atoms with van der Waals surface area (Å²) in [4.78, 5) is 11.7. The fourth-order valence-corrected chi connectivity index (χ4v) is 1.70. The topological polar surface area (TPSA) is 54.0 Å². The maximum Gasteiger partial charge on any atom is 0.333 e. The van der Waals surface area contributed by atoms with E-state index in [4.69, 9.17) is 18.9 Å². The maximum absolute atomic E-state index is 11.7. The Labute approximate surface area is 119 Å². The van der Waals surface area contributed by atoms with E-state index in [2.05, 4.69) is 0 Å². The lowest BCUT2D eigenvalue weighted by Crippen LogP contribution is -2.05. The molecule has 110 valence electrons. The highest BCUT2D eigenvalue weighted by Gasteiger charge is 2.13. The van der Waals surface area contributed by atoms with Crippen molar-refractivity contribution in [1.29, 1.82) is 0 Å². The molecule has 1 rings (SSSR count). The van der Waals surface area contributed by atoms with Gasteiger partial charge in [-0.2, -0.15) is 0 Å². The highest BCUT2D eigenvalue weighted by Crippen LogP contribution is 2.35. The van der Waals surface area contributed by atoms with Gasteiger partial charge in [0.25, 0.3) is 0 Å². The summed E-state index contributed by atoms with van der Waals surface area (Å²) in [7, 11) is 4.66. The summed E-state index contributed by atoms with van der Waals surface area (Å²) in [6.07, 6.45) is 1.68. The van der Waals surface area contributed by atoms with Crippen LogP contribution < -0.4 is 14.2 Å². The predicted octanol–water partition coefficient (Wildman–Crippen LogP) is 2.68. The zero-order valence-electron chi connectivity index (χ0n) is 12.5. The van der Waals surface area contributed by atoms with Gasteiger partial charge in [-0.05, 0) is 19.9 Å². The number of methoxy groups -OCH3 is 3. The number of hydrogen-bond donors (Lipinski definition) is 0. The normalized spacial score (nSPS) is 10.9. The fraction of sp³-hybridized carbons (Fsp3) is 0.400. The first kappa shape index (κ1) is 15.9. The second kappa shape index (κ2) is 7.43. The van der Waals surface area contributed by atoms with E-state index >= 15 is 0 Å². The molecule has 0 fully saturated rings. The van der Waals surface area contributed by atoms with Crippen LogP contribution in [0.1, 0.15) is 19.4 Å². The summed E-state index contributed by atoms with van der Waals surface area (Å²) >= 11 is 0. The third kappa shape index (κ3) is 3.66. The summed E-state index contributed by atoms with van der Waals surface area (Å²) in [6.45, 7) is 3.78. The Hall–Kier alpha value is -2.17. The van der Waals surface area contributed by atoms with Crippen molar-refractivity contribution in [2.75, 3.05) is 27.9 Å². The van der Waals surface area contributed by atoms with Crippen LogP contribution in [0.2, 0.25) is 0 Å². The molecule has 20 heavy (non-hydrogen) atoms. The summed E-state index contributed by atoms with van der Waals surface area (Å²) in [6, 6.07) is 3.46. The lowest BCUT2D eigenvalue weighted by atomic mass is 10.1. The average molecular weight is 280 g/mol. The van der Waals surface area contributed by atoms with Gasteiger partial charge in [0.2, 0.25) is 0 Å². The SMILES string of the molecule is CCOC(=O)C(C)=Cc1c(OC)cc(OC)cc1OC. The molecule has 0 aliphatic heterocycles. The van der Waals surface area contributed by atoms with E-state index in [1.807, 2.05) is 0 Å². The first-order valence-corrected chi connectivity index (χ1v) is 6.22. The number of carbonyl (C=O) groups excluding carboxylic acids is 1. The largest absolute Gasteiger partial charge is 0.496 e. The zero-order chi connectivity index (χ0) is 15.1. The van der Waals surface area contributed by atoms with Gasteiger partial charge in [0.05, 0.1) is 33.5 Å². The Bertz CT molecular complexity index is 480. The Morgan fingerprint density at radius 3 is 2.05 bits per heavy atom. The van der Waals surface area contributed by atoms with Crippen LogP contribution in [0.3, 0.4) is 0 Å². The van der Waals surface area contributed by atoms with E-state index in [1.165, 1.54) is 0 Å². The predicted molar refractivity (Wildman–Crippen MR) is 76.4 cm³/mol. The molecule has 5 nitrogen and oxygen atoms in total. The molecule has 0 aliphatic rings. The number of carbonyl (C=O) groups is 1. The summed E-state index contributed by atoms with van der Waals surface area (Å²) in [5.41, 5.74) is 1.13. The fourth-order valence-electron chi connectivity index (χ4n) is 1.70. The van der Waals surface area contributed by atoms with E-state index in [0.717, 1.165) is 0 Å². The smallest absolute Gasteiger partial charge is 0.333 e. The van der Waals surface area contributed by atoms with Crippen LogP contribution in [-0.4, -0.2) is 33.9 Å². The number of ether oxygens (including phenoxy) is 4. The Kier molecular flexibility index (Phi) is 5.90. The van der Waals surface area contributed by atoms with E-state index in [-0.39, 0.29) is 5.97 Å². The van der Waals surface area contributed by atoms with Crippen LogP contribution in [0.25, 0.3) is 6.08 Å². The van der Waals surface area contributed by atoms with Crippen molar-refractivity contribution in [3.05, 3.63) is 23.3 Å². The van der Waals surface area contributed by atoms with Gasteiger partial charge >= 0.3 is 5.97 Å². The van der Waals surface area contributed by atoms with Crippen molar-refractivity contribution in [2.24, 2.45) is 0 Å². The molecule has 0 aliphatic carbocycles. The van der Waals surface area contributed by atoms with Gasteiger partial charge in [0.15, 0.2) is 0 Å². The monoisotopic (exact) mass is 280 g/mol. The second-order valence-electron chi connectivity index (χ2n) is 3.99. The molecule has 0 N–H and O–H groups in total. The third-order valence-corrected chi connectivity index (χ3v) is 2.71. The van der Waals surface area contributed by atoms with Crippen molar-refractivity contribution in [2.45, 2.75) is 13.8 Å². The molecule has 0 heterocycles. The Morgan fingerprint density at radius 1 is 1.10 bits per heavy atom. The van der Waals surface area contributed by atoms with E-state index in [9.17, 15) is 4.79 Å². The molecule has 5 heteroatoms. The lowest BCUT2D eigenvalue weighted by molar-refractivity contribution is -0.138. The van der Waals surface area contributed by atoms with Gasteiger partial charge < -0.3 is 18.9 Å². The lowest BCUT2D eigenvalue weighted by Gasteiger charge is -2.13. The minimum Gasteiger partial charge on any atom is -0.496 e. The molecular weight excluding hydrogens is 260 g/mol. The molecule has 0 bridgehead atoms. The average Bonchev–Trinajstić information content (AvgIpc) is 2.47. The van der Waals surface area contributed by atoms with Crippen molar-refractivity contribution in [3.63, 3.8) is 0 Å². The highest BCUT2D eigenvalue weighted by molar-refractivity contribution is 5.94. The van der Waals surface area contributed by atoms with E-state index < -0.39 is 0 Å². The van der Waals surface area contributed by atoms with E-state index in [0.29, 0.717) is 35.0 Å². The molecule has 0 atom stereocenters. The number of benzene rings is 1. The van der Waals surface area contributed by atoms with E-state index in [1.54, 1.807) is 53.4 Å². The minimum absolute atomic E-state index is 0.334. The van der Waals surface area contributed by atoms with Crippen molar-refractivity contribution >= 4 is 12.0 Å². The van der Waals surface area contributed by atoms with Crippen LogP contribution in [0.4, 0.5) is 0 Å². The van der Waals surface area contributed by atoms with Gasteiger partial charge in [0.1, 0.15) is 17.2 Å². The molecule has 0 amide bonds. The van der Waals surface area contributed by atoms with Crippen molar-refractivity contribution in [1.82, 2.24) is 0 Å². The first-order chi connectivity index (χ1) is 9.57. The Balaban J connectivity index is 3.28. The molecule has 0 radical (unpaired) electrons. The van der Waals surface area contributed by atoms with Gasteiger partial charge in [-0.1, -0.05) is 0 Å². The standard InChI is InChI=1S/C15H20O5/c1-6-20-15(16)10(2)7-12-13(18-4)8-11(17-3)9-14(12)19-5/h7-9H,6H2,1-5H3. The molecule has 0 aromatic heterocycles. The molecular formula is C15H20O5. The number of rotatable bonds is 6.